The van der Waals surface area contributed by atoms with Crippen molar-refractivity contribution in [1.82, 2.24) is 20.1 Å². The van der Waals surface area contributed by atoms with Crippen LogP contribution in [0, 0.1) is 0 Å². The molecule has 0 aliphatic heterocycles. The number of para-hydroxylation sites is 2. The van der Waals surface area contributed by atoms with Crippen LogP contribution in [0.25, 0.3) is 16.5 Å². The molecule has 10 heteroatoms. The third-order valence-corrected chi connectivity index (χ3v) is 7.18. The zero-order chi connectivity index (χ0) is 28.6. The van der Waals surface area contributed by atoms with Crippen LogP contribution < -0.4 is 20.1 Å². The zero-order valence-corrected chi connectivity index (χ0v) is 23.5. The number of ether oxygens (including phenoxy) is 2. The van der Waals surface area contributed by atoms with E-state index in [1.165, 1.54) is 11.8 Å². The summed E-state index contributed by atoms with van der Waals surface area (Å²) in [6.07, 6.45) is 0. The number of aromatic nitrogens is 3. The summed E-state index contributed by atoms with van der Waals surface area (Å²) in [4.78, 5) is 25.9. The van der Waals surface area contributed by atoms with Gasteiger partial charge in [-0.2, -0.15) is 0 Å². The van der Waals surface area contributed by atoms with E-state index in [9.17, 15) is 9.59 Å². The molecule has 0 atom stereocenters. The van der Waals surface area contributed by atoms with Crippen molar-refractivity contribution in [2.45, 2.75) is 18.6 Å². The molecule has 2 amide bonds. The number of carbonyl (C=O) groups excluding carboxylic acids is 2. The first-order chi connectivity index (χ1) is 20.1. The van der Waals surface area contributed by atoms with Crippen LogP contribution >= 0.6 is 11.8 Å². The van der Waals surface area contributed by atoms with Crippen molar-refractivity contribution < 1.29 is 19.1 Å². The number of carbonyl (C=O) groups is 2. The Morgan fingerprint density at radius 2 is 1.66 bits per heavy atom. The van der Waals surface area contributed by atoms with Gasteiger partial charge in [0.2, 0.25) is 5.91 Å². The molecule has 0 bridgehead atoms. The van der Waals surface area contributed by atoms with Gasteiger partial charge in [-0.3, -0.25) is 14.2 Å². The summed E-state index contributed by atoms with van der Waals surface area (Å²) in [5, 5.41) is 16.9. The summed E-state index contributed by atoms with van der Waals surface area (Å²) in [5.74, 6) is 1.53. The lowest BCUT2D eigenvalue weighted by molar-refractivity contribution is -0.113. The van der Waals surface area contributed by atoms with Crippen LogP contribution in [0.3, 0.4) is 0 Å². The second kappa shape index (κ2) is 13.0. The summed E-state index contributed by atoms with van der Waals surface area (Å²) in [6, 6.07) is 28.0. The predicted octanol–water partition coefficient (Wildman–Crippen LogP) is 5.49. The molecule has 2 N–H and O–H groups in total. The monoisotopic (exact) mass is 567 g/mol. The molecule has 0 aliphatic rings. The highest BCUT2D eigenvalue weighted by atomic mass is 32.2. The molecule has 0 aliphatic carbocycles. The summed E-state index contributed by atoms with van der Waals surface area (Å²) in [6.45, 7) is 2.61. The molecule has 9 nitrogen and oxygen atoms in total. The maximum atomic E-state index is 13.2. The van der Waals surface area contributed by atoms with Crippen LogP contribution in [-0.4, -0.2) is 46.0 Å². The Morgan fingerprint density at radius 1 is 0.902 bits per heavy atom. The average molecular weight is 568 g/mol. The molecule has 0 saturated carbocycles. The van der Waals surface area contributed by atoms with Crippen LogP contribution in [0.15, 0.2) is 96.2 Å². The number of anilines is 1. The van der Waals surface area contributed by atoms with Crippen molar-refractivity contribution in [3.63, 3.8) is 0 Å². The fourth-order valence-corrected chi connectivity index (χ4v) is 5.13. The Kier molecular flexibility index (Phi) is 8.80. The molecule has 0 spiro atoms. The Labute approximate surface area is 241 Å². The van der Waals surface area contributed by atoms with Crippen LogP contribution in [0.5, 0.6) is 11.5 Å². The minimum atomic E-state index is -0.222. The van der Waals surface area contributed by atoms with E-state index in [1.807, 2.05) is 79.7 Å². The van der Waals surface area contributed by atoms with E-state index in [0.29, 0.717) is 40.3 Å². The lowest BCUT2D eigenvalue weighted by Gasteiger charge is -2.14. The summed E-state index contributed by atoms with van der Waals surface area (Å²) in [7, 11) is 1.59. The van der Waals surface area contributed by atoms with Crippen LogP contribution in [-0.2, 0) is 11.3 Å². The van der Waals surface area contributed by atoms with Gasteiger partial charge in [-0.05, 0) is 60.2 Å². The van der Waals surface area contributed by atoms with Crippen molar-refractivity contribution >= 4 is 40.0 Å². The first-order valence-electron chi connectivity index (χ1n) is 13.1. The van der Waals surface area contributed by atoms with E-state index >= 15 is 0 Å². The Morgan fingerprint density at radius 3 is 2.46 bits per heavy atom. The minimum absolute atomic E-state index is 0.100. The average Bonchev–Trinajstić information content (AvgIpc) is 3.42. The van der Waals surface area contributed by atoms with Gasteiger partial charge in [0.25, 0.3) is 5.91 Å². The van der Waals surface area contributed by atoms with Crippen molar-refractivity contribution in [3.8, 4) is 17.2 Å². The highest BCUT2D eigenvalue weighted by molar-refractivity contribution is 7.99. The zero-order valence-electron chi connectivity index (χ0n) is 22.7. The number of benzene rings is 4. The first-order valence-corrected chi connectivity index (χ1v) is 14.0. The quantitative estimate of drug-likeness (QED) is 0.203. The Hall–Kier alpha value is -4.83. The predicted molar refractivity (Wildman–Crippen MR) is 160 cm³/mol. The van der Waals surface area contributed by atoms with E-state index in [2.05, 4.69) is 20.8 Å². The van der Waals surface area contributed by atoms with Gasteiger partial charge in [-0.1, -0.05) is 60.3 Å². The number of amides is 2. The molecule has 0 radical (unpaired) electrons. The largest absolute Gasteiger partial charge is 0.495 e. The number of hydrogen-bond donors (Lipinski definition) is 2. The molecular formula is C31H29N5O4S. The van der Waals surface area contributed by atoms with Crippen LogP contribution in [0.4, 0.5) is 5.69 Å². The molecule has 41 heavy (non-hydrogen) atoms. The fourth-order valence-electron chi connectivity index (χ4n) is 4.37. The van der Waals surface area contributed by atoms with Crippen molar-refractivity contribution in [3.05, 3.63) is 102 Å². The standard InChI is InChI=1S/C31H29N5O4S/c1-3-40-23-17-15-22(16-18-23)33-29(37)20-41-31-35-34-28(36(31)26-13-6-7-14-27(26)39-2)19-32-30(38)25-12-8-10-21-9-4-5-11-24(21)25/h4-18H,3,19-20H2,1-2H3,(H,32,38)(H,33,37). The number of nitrogens with one attached hydrogen (secondary N) is 2. The van der Waals surface area contributed by atoms with Gasteiger partial charge in [0.1, 0.15) is 11.5 Å². The second-order valence-corrected chi connectivity index (χ2v) is 9.85. The van der Waals surface area contributed by atoms with Gasteiger partial charge >= 0.3 is 0 Å². The van der Waals surface area contributed by atoms with Gasteiger partial charge in [0, 0.05) is 11.3 Å². The maximum Gasteiger partial charge on any atom is 0.252 e. The number of hydrogen-bond acceptors (Lipinski definition) is 7. The molecule has 1 heterocycles. The van der Waals surface area contributed by atoms with Gasteiger partial charge in [-0.15, -0.1) is 10.2 Å². The number of methoxy groups -OCH3 is 1. The summed E-state index contributed by atoms with van der Waals surface area (Å²) >= 11 is 1.24. The molecular weight excluding hydrogens is 538 g/mol. The van der Waals surface area contributed by atoms with Crippen molar-refractivity contribution in [2.75, 3.05) is 24.8 Å². The van der Waals surface area contributed by atoms with Gasteiger partial charge < -0.3 is 20.1 Å². The van der Waals surface area contributed by atoms with Gasteiger partial charge in [-0.25, -0.2) is 0 Å². The van der Waals surface area contributed by atoms with E-state index in [1.54, 1.807) is 29.9 Å². The number of rotatable bonds is 11. The summed E-state index contributed by atoms with van der Waals surface area (Å²) in [5.41, 5.74) is 1.94. The molecule has 0 fully saturated rings. The van der Waals surface area contributed by atoms with E-state index < -0.39 is 0 Å². The smallest absolute Gasteiger partial charge is 0.252 e. The van der Waals surface area contributed by atoms with Crippen molar-refractivity contribution in [1.29, 1.82) is 0 Å². The fraction of sp³-hybridized carbons (Fsp3) is 0.161. The SMILES string of the molecule is CCOc1ccc(NC(=O)CSc2nnc(CNC(=O)c3cccc4ccccc34)n2-c2ccccc2OC)cc1. The van der Waals surface area contributed by atoms with Gasteiger partial charge in [0.15, 0.2) is 11.0 Å². The maximum absolute atomic E-state index is 13.2. The lowest BCUT2D eigenvalue weighted by atomic mass is 10.0. The highest BCUT2D eigenvalue weighted by Crippen LogP contribution is 2.29. The first kappa shape index (κ1) is 27.7. The number of fused-ring (bicyclic) bond motifs is 1. The molecule has 0 saturated heterocycles. The van der Waals surface area contributed by atoms with E-state index in [0.717, 1.165) is 16.5 Å². The van der Waals surface area contributed by atoms with Crippen LogP contribution in [0.1, 0.15) is 23.1 Å². The highest BCUT2D eigenvalue weighted by Gasteiger charge is 2.20. The second-order valence-electron chi connectivity index (χ2n) is 8.91. The van der Waals surface area contributed by atoms with Crippen molar-refractivity contribution in [2.24, 2.45) is 0 Å². The molecule has 5 aromatic rings. The van der Waals surface area contributed by atoms with E-state index in [4.69, 9.17) is 9.47 Å². The lowest BCUT2D eigenvalue weighted by Crippen LogP contribution is -2.25. The normalized spacial score (nSPS) is 10.8. The molecule has 0 unspecified atom stereocenters. The topological polar surface area (TPSA) is 107 Å². The molecule has 208 valence electrons. The van der Waals surface area contributed by atoms with Crippen LogP contribution in [0.2, 0.25) is 0 Å². The number of nitrogens with zero attached hydrogens (tertiary/aromatic N) is 3. The molecule has 5 rings (SSSR count). The Balaban J connectivity index is 1.34. The minimum Gasteiger partial charge on any atom is -0.495 e. The van der Waals surface area contributed by atoms with E-state index in [-0.39, 0.29) is 24.1 Å². The summed E-state index contributed by atoms with van der Waals surface area (Å²) < 4.78 is 12.8. The third-order valence-electron chi connectivity index (χ3n) is 6.25. The molecule has 1 aromatic heterocycles. The Bertz CT molecular complexity index is 1660. The number of thioether (sulfide) groups is 1. The third kappa shape index (κ3) is 6.50. The molecule has 4 aromatic carbocycles. The van der Waals surface area contributed by atoms with Gasteiger partial charge in [0.05, 0.1) is 31.7 Å².